The van der Waals surface area contributed by atoms with Crippen molar-refractivity contribution in [1.29, 1.82) is 0 Å². The average molecular weight is 467 g/mol. The zero-order valence-electron chi connectivity index (χ0n) is 19.7. The Morgan fingerprint density at radius 2 is 1.45 bits per heavy atom. The molecule has 8 bridgehead atoms. The number of hydrogen-bond donors (Lipinski definition) is 0. The minimum atomic E-state index is -3.47. The predicted molar refractivity (Wildman–Crippen MR) is 114 cm³/mol. The summed E-state index contributed by atoms with van der Waals surface area (Å²) < 4.78 is 44.6. The largest absolute Gasteiger partial charge is 0.457 e. The smallest absolute Gasteiger partial charge is 0.376 e. The molecule has 0 heterocycles. The Bertz CT molecular complexity index is 791. The molecule has 0 spiro atoms. The van der Waals surface area contributed by atoms with Gasteiger partial charge < -0.3 is 14.2 Å². The number of rotatable bonds is 6. The van der Waals surface area contributed by atoms with Crippen LogP contribution in [0, 0.1) is 41.4 Å². The van der Waals surface area contributed by atoms with Crippen molar-refractivity contribution in [3.63, 3.8) is 0 Å². The third-order valence-corrected chi connectivity index (χ3v) is 10.3. The van der Waals surface area contributed by atoms with E-state index in [9.17, 15) is 18.4 Å². The fourth-order valence-corrected chi connectivity index (χ4v) is 9.27. The SMILES string of the molecule is CC(F)(F)C(=O)OC1C2CC3CC1CC(OCC(=O)OC1(C)C4CC5CC(C4)CC1C5)(C3)C2. The molecule has 0 amide bonds. The molecule has 0 radical (unpaired) electrons. The number of alkyl halides is 2. The standard InChI is InChI=1S/C26H36F2O5/c1-24(19-6-14-3-15(8-19)9-20(24)7-14)33-21(29)13-31-26-10-16-4-17(11-26)22(18(5-16)12-26)32-23(30)25(2,27)28/h14-20,22H,3-13H2,1-2H3. The van der Waals surface area contributed by atoms with Crippen LogP contribution >= 0.6 is 0 Å². The Labute approximate surface area is 194 Å². The molecule has 8 rings (SSSR count). The van der Waals surface area contributed by atoms with Crippen molar-refractivity contribution in [2.75, 3.05) is 6.61 Å². The summed E-state index contributed by atoms with van der Waals surface area (Å²) in [5, 5.41) is 0. The maximum Gasteiger partial charge on any atom is 0.376 e. The van der Waals surface area contributed by atoms with Crippen LogP contribution in [0.5, 0.6) is 0 Å². The number of halogens is 2. The van der Waals surface area contributed by atoms with Gasteiger partial charge in [-0.2, -0.15) is 8.78 Å². The van der Waals surface area contributed by atoms with E-state index in [1.54, 1.807) is 0 Å². The molecule has 8 aliphatic carbocycles. The van der Waals surface area contributed by atoms with Gasteiger partial charge in [-0.05, 0) is 113 Å². The van der Waals surface area contributed by atoms with Crippen molar-refractivity contribution >= 4 is 11.9 Å². The number of ether oxygens (including phenoxy) is 3. The van der Waals surface area contributed by atoms with Crippen LogP contribution in [0.25, 0.3) is 0 Å². The lowest BCUT2D eigenvalue weighted by molar-refractivity contribution is -0.233. The quantitative estimate of drug-likeness (QED) is 0.521. The van der Waals surface area contributed by atoms with Crippen molar-refractivity contribution in [3.8, 4) is 0 Å². The number of carbonyl (C=O) groups excluding carboxylic acids is 2. The van der Waals surface area contributed by atoms with Crippen LogP contribution < -0.4 is 0 Å². The van der Waals surface area contributed by atoms with Gasteiger partial charge in [-0.15, -0.1) is 0 Å². The Morgan fingerprint density at radius 3 is 2.00 bits per heavy atom. The van der Waals surface area contributed by atoms with Gasteiger partial charge in [-0.25, -0.2) is 9.59 Å². The topological polar surface area (TPSA) is 61.8 Å². The minimum Gasteiger partial charge on any atom is -0.457 e. The summed E-state index contributed by atoms with van der Waals surface area (Å²) in [6.07, 6.45) is 9.60. The zero-order valence-corrected chi connectivity index (χ0v) is 19.7. The van der Waals surface area contributed by atoms with Gasteiger partial charge in [0.15, 0.2) is 0 Å². The van der Waals surface area contributed by atoms with Gasteiger partial charge in [0, 0.05) is 6.92 Å². The van der Waals surface area contributed by atoms with Crippen LogP contribution in [0.1, 0.15) is 78.1 Å². The highest BCUT2D eigenvalue weighted by Crippen LogP contribution is 2.60. The first kappa shape index (κ1) is 22.2. The summed E-state index contributed by atoms with van der Waals surface area (Å²) in [6.45, 7) is 2.68. The van der Waals surface area contributed by atoms with E-state index >= 15 is 0 Å². The van der Waals surface area contributed by atoms with E-state index < -0.39 is 23.6 Å². The molecule has 0 aromatic carbocycles. The van der Waals surface area contributed by atoms with E-state index in [4.69, 9.17) is 14.2 Å². The third kappa shape index (κ3) is 3.71. The van der Waals surface area contributed by atoms with E-state index in [-0.39, 0.29) is 30.0 Å². The Balaban J connectivity index is 1.08. The number of carbonyl (C=O) groups is 2. The molecule has 2 atom stereocenters. The van der Waals surface area contributed by atoms with Gasteiger partial charge in [0.25, 0.3) is 0 Å². The van der Waals surface area contributed by atoms with Gasteiger partial charge in [-0.1, -0.05) is 0 Å². The van der Waals surface area contributed by atoms with E-state index in [2.05, 4.69) is 6.92 Å². The molecule has 0 aromatic rings. The second-order valence-electron chi connectivity index (χ2n) is 12.7. The summed E-state index contributed by atoms with van der Waals surface area (Å²) in [6, 6.07) is 0. The van der Waals surface area contributed by atoms with Crippen LogP contribution in [0.15, 0.2) is 0 Å². The van der Waals surface area contributed by atoms with Gasteiger partial charge in [0.2, 0.25) is 0 Å². The molecular weight excluding hydrogens is 430 g/mol. The summed E-state index contributed by atoms with van der Waals surface area (Å²) in [7, 11) is 0. The second-order valence-corrected chi connectivity index (χ2v) is 12.7. The predicted octanol–water partition coefficient (Wildman–Crippen LogP) is 4.91. The maximum atomic E-state index is 13.4. The van der Waals surface area contributed by atoms with Crippen molar-refractivity contribution in [2.24, 2.45) is 41.4 Å². The first-order valence-corrected chi connectivity index (χ1v) is 13.0. The number of esters is 2. The molecule has 8 aliphatic rings. The highest BCUT2D eigenvalue weighted by atomic mass is 19.3. The first-order chi connectivity index (χ1) is 15.5. The Hall–Kier alpha value is -1.24. The molecule has 8 saturated carbocycles. The van der Waals surface area contributed by atoms with E-state index in [0.717, 1.165) is 31.1 Å². The van der Waals surface area contributed by atoms with E-state index in [0.29, 0.717) is 37.5 Å². The molecule has 184 valence electrons. The number of hydrogen-bond acceptors (Lipinski definition) is 5. The summed E-state index contributed by atoms with van der Waals surface area (Å²) in [4.78, 5) is 24.8. The first-order valence-electron chi connectivity index (χ1n) is 13.0. The third-order valence-electron chi connectivity index (χ3n) is 10.3. The van der Waals surface area contributed by atoms with E-state index in [1.807, 2.05) is 0 Å². The van der Waals surface area contributed by atoms with Gasteiger partial charge in [-0.3, -0.25) is 0 Å². The molecule has 7 heteroatoms. The van der Waals surface area contributed by atoms with Crippen molar-refractivity contribution in [2.45, 2.75) is 101 Å². The Kier molecular flexibility index (Phi) is 4.97. The summed E-state index contributed by atoms with van der Waals surface area (Å²) in [5.41, 5.74) is -0.780. The van der Waals surface area contributed by atoms with Crippen molar-refractivity contribution in [1.82, 2.24) is 0 Å². The molecule has 5 nitrogen and oxygen atoms in total. The molecule has 0 N–H and O–H groups in total. The van der Waals surface area contributed by atoms with Gasteiger partial charge in [0.05, 0.1) is 5.60 Å². The zero-order chi connectivity index (χ0) is 23.2. The summed E-state index contributed by atoms with van der Waals surface area (Å²) >= 11 is 0. The van der Waals surface area contributed by atoms with Crippen LogP contribution in [0.3, 0.4) is 0 Å². The maximum absolute atomic E-state index is 13.4. The van der Waals surface area contributed by atoms with Crippen molar-refractivity contribution in [3.05, 3.63) is 0 Å². The fourth-order valence-electron chi connectivity index (χ4n) is 9.27. The minimum absolute atomic E-state index is 0.0283. The van der Waals surface area contributed by atoms with Gasteiger partial charge >= 0.3 is 17.9 Å². The van der Waals surface area contributed by atoms with E-state index in [1.165, 1.54) is 32.1 Å². The van der Waals surface area contributed by atoms with Crippen molar-refractivity contribution < 1.29 is 32.6 Å². The fraction of sp³-hybridized carbons (Fsp3) is 0.923. The molecule has 2 unspecified atom stereocenters. The average Bonchev–Trinajstić information content (AvgIpc) is 2.71. The lowest BCUT2D eigenvalue weighted by Gasteiger charge is -2.59. The molecule has 0 saturated heterocycles. The normalized spacial score (nSPS) is 49.3. The highest BCUT2D eigenvalue weighted by molar-refractivity contribution is 5.77. The lowest BCUT2D eigenvalue weighted by atomic mass is 9.50. The van der Waals surface area contributed by atoms with Crippen LogP contribution in [0.4, 0.5) is 8.78 Å². The molecule has 0 aliphatic heterocycles. The highest BCUT2D eigenvalue weighted by Gasteiger charge is 2.59. The lowest BCUT2D eigenvalue weighted by Crippen LogP contribution is -2.60. The molecular formula is C26H36F2O5. The van der Waals surface area contributed by atoms with Gasteiger partial charge in [0.1, 0.15) is 18.3 Å². The monoisotopic (exact) mass is 466 g/mol. The van der Waals surface area contributed by atoms with Crippen LogP contribution in [-0.2, 0) is 23.8 Å². The Morgan fingerprint density at radius 1 is 0.879 bits per heavy atom. The molecule has 8 fully saturated rings. The second kappa shape index (κ2) is 7.38. The van der Waals surface area contributed by atoms with Crippen LogP contribution in [0.2, 0.25) is 0 Å². The molecule has 33 heavy (non-hydrogen) atoms. The van der Waals surface area contributed by atoms with Crippen LogP contribution in [-0.4, -0.2) is 41.8 Å². The molecule has 0 aromatic heterocycles. The summed E-state index contributed by atoms with van der Waals surface area (Å²) in [5.74, 6) is -2.08.